The van der Waals surface area contributed by atoms with Crippen LogP contribution in [0.5, 0.6) is 0 Å². The molecule has 0 aliphatic carbocycles. The molecule has 0 unspecified atom stereocenters. The number of rotatable bonds is 3. The number of nitrogens with zero attached hydrogens (tertiary/aromatic N) is 4. The van der Waals surface area contributed by atoms with Crippen LogP contribution < -0.4 is 0 Å². The molecule has 0 amide bonds. The van der Waals surface area contributed by atoms with Gasteiger partial charge in [0.05, 0.1) is 5.69 Å². The van der Waals surface area contributed by atoms with Gasteiger partial charge in [-0.3, -0.25) is 0 Å². The number of aryl methyl sites for hydroxylation is 2. The number of hydrogen-bond donors (Lipinski definition) is 0. The van der Waals surface area contributed by atoms with Gasteiger partial charge in [0, 0.05) is 18.2 Å². The molecule has 5 heteroatoms. The first-order valence-electron chi connectivity index (χ1n) is 6.09. The standard InChI is InChI=1S/C13H17BrN4/c1-5-6-12-15-11(14)7-13(16-12)18-10(4)8(2)9(3)17-18/h7H,5-6H2,1-4H3. The first-order chi connectivity index (χ1) is 8.52. The predicted octanol–water partition coefficient (Wildman–Crippen LogP) is 3.30. The molecule has 0 fully saturated rings. The van der Waals surface area contributed by atoms with Gasteiger partial charge in [-0.05, 0) is 48.7 Å². The van der Waals surface area contributed by atoms with Crippen molar-refractivity contribution in [2.24, 2.45) is 0 Å². The highest BCUT2D eigenvalue weighted by atomic mass is 79.9. The SMILES string of the molecule is CCCc1nc(Br)cc(-n2nc(C)c(C)c2C)n1. The van der Waals surface area contributed by atoms with Gasteiger partial charge in [-0.15, -0.1) is 0 Å². The minimum absolute atomic E-state index is 0.807. The van der Waals surface area contributed by atoms with Crippen LogP contribution in [0.2, 0.25) is 0 Å². The molecule has 4 nitrogen and oxygen atoms in total. The molecule has 2 aromatic rings. The van der Waals surface area contributed by atoms with E-state index in [-0.39, 0.29) is 0 Å². The number of hydrogen-bond acceptors (Lipinski definition) is 3. The highest BCUT2D eigenvalue weighted by Crippen LogP contribution is 2.18. The third kappa shape index (κ3) is 2.46. The van der Waals surface area contributed by atoms with E-state index in [4.69, 9.17) is 0 Å². The summed E-state index contributed by atoms with van der Waals surface area (Å²) in [6, 6.07) is 1.90. The summed E-state index contributed by atoms with van der Waals surface area (Å²) in [5, 5.41) is 4.53. The fourth-order valence-electron chi connectivity index (χ4n) is 1.84. The third-order valence-electron chi connectivity index (χ3n) is 3.07. The van der Waals surface area contributed by atoms with Gasteiger partial charge in [-0.1, -0.05) is 6.92 Å². The van der Waals surface area contributed by atoms with Gasteiger partial charge >= 0.3 is 0 Å². The fraction of sp³-hybridized carbons (Fsp3) is 0.462. The lowest BCUT2D eigenvalue weighted by molar-refractivity contribution is 0.761. The minimum atomic E-state index is 0.807. The Kier molecular flexibility index (Phi) is 3.80. The van der Waals surface area contributed by atoms with E-state index in [9.17, 15) is 0 Å². The molecule has 0 N–H and O–H groups in total. The lowest BCUT2D eigenvalue weighted by Gasteiger charge is -2.06. The Morgan fingerprint density at radius 2 is 1.94 bits per heavy atom. The molecule has 2 heterocycles. The summed E-state index contributed by atoms with van der Waals surface area (Å²) < 4.78 is 2.69. The molecule has 0 saturated heterocycles. The van der Waals surface area contributed by atoms with Gasteiger partial charge in [0.1, 0.15) is 10.4 Å². The second-order valence-electron chi connectivity index (χ2n) is 4.42. The van der Waals surface area contributed by atoms with E-state index in [0.29, 0.717) is 0 Å². The largest absolute Gasteiger partial charge is 0.226 e. The van der Waals surface area contributed by atoms with E-state index in [1.807, 2.05) is 17.7 Å². The zero-order valence-electron chi connectivity index (χ0n) is 11.2. The quantitative estimate of drug-likeness (QED) is 0.817. The summed E-state index contributed by atoms with van der Waals surface area (Å²) in [7, 11) is 0. The Balaban J connectivity index is 2.52. The Bertz CT molecular complexity index is 575. The van der Waals surface area contributed by atoms with Gasteiger partial charge in [0.25, 0.3) is 0 Å². The molecule has 2 aromatic heterocycles. The van der Waals surface area contributed by atoms with Crippen LogP contribution in [-0.4, -0.2) is 19.7 Å². The molecule has 0 aliphatic heterocycles. The monoisotopic (exact) mass is 308 g/mol. The van der Waals surface area contributed by atoms with Crippen molar-refractivity contribution in [2.75, 3.05) is 0 Å². The molecule has 0 aromatic carbocycles. The van der Waals surface area contributed by atoms with Gasteiger partial charge < -0.3 is 0 Å². The van der Waals surface area contributed by atoms with Gasteiger partial charge in [-0.25, -0.2) is 14.6 Å². The summed E-state index contributed by atoms with van der Waals surface area (Å²) in [5.41, 5.74) is 3.38. The van der Waals surface area contributed by atoms with Crippen molar-refractivity contribution in [2.45, 2.75) is 40.5 Å². The molecule has 0 atom stereocenters. The number of halogens is 1. The molecule has 96 valence electrons. The lowest BCUT2D eigenvalue weighted by Crippen LogP contribution is -2.06. The van der Waals surface area contributed by atoms with Gasteiger partial charge in [0.2, 0.25) is 0 Å². The van der Waals surface area contributed by atoms with Crippen molar-refractivity contribution in [3.05, 3.63) is 33.4 Å². The van der Waals surface area contributed by atoms with Crippen LogP contribution in [0.25, 0.3) is 5.82 Å². The van der Waals surface area contributed by atoms with E-state index in [1.165, 1.54) is 5.56 Å². The second kappa shape index (κ2) is 5.18. The van der Waals surface area contributed by atoms with Crippen molar-refractivity contribution >= 4 is 15.9 Å². The molecule has 2 rings (SSSR count). The summed E-state index contributed by atoms with van der Waals surface area (Å²) in [4.78, 5) is 8.94. The van der Waals surface area contributed by atoms with Crippen LogP contribution in [0.4, 0.5) is 0 Å². The lowest BCUT2D eigenvalue weighted by atomic mass is 10.2. The van der Waals surface area contributed by atoms with Crippen LogP contribution in [0.1, 0.15) is 36.1 Å². The molecule has 0 bridgehead atoms. The molecular weight excluding hydrogens is 292 g/mol. The topological polar surface area (TPSA) is 43.6 Å². The highest BCUT2D eigenvalue weighted by molar-refractivity contribution is 9.10. The zero-order chi connectivity index (χ0) is 13.3. The Labute approximate surface area is 116 Å². The maximum Gasteiger partial charge on any atom is 0.158 e. The molecule has 0 radical (unpaired) electrons. The van der Waals surface area contributed by atoms with E-state index in [0.717, 1.165) is 40.5 Å². The van der Waals surface area contributed by atoms with Gasteiger partial charge in [-0.2, -0.15) is 5.10 Å². The van der Waals surface area contributed by atoms with Crippen molar-refractivity contribution in [3.63, 3.8) is 0 Å². The van der Waals surface area contributed by atoms with Crippen molar-refractivity contribution in [3.8, 4) is 5.82 Å². The van der Waals surface area contributed by atoms with Crippen molar-refractivity contribution in [1.82, 2.24) is 19.7 Å². The second-order valence-corrected chi connectivity index (χ2v) is 5.24. The van der Waals surface area contributed by atoms with Gasteiger partial charge in [0.15, 0.2) is 5.82 Å². The van der Waals surface area contributed by atoms with Crippen molar-refractivity contribution in [1.29, 1.82) is 0 Å². The van der Waals surface area contributed by atoms with Crippen LogP contribution in [0, 0.1) is 20.8 Å². The van der Waals surface area contributed by atoms with Crippen LogP contribution >= 0.6 is 15.9 Å². The average molecular weight is 309 g/mol. The van der Waals surface area contributed by atoms with Crippen LogP contribution in [0.3, 0.4) is 0 Å². The Hall–Kier alpha value is -1.23. The summed E-state index contributed by atoms with van der Waals surface area (Å²) in [5.74, 6) is 1.68. The predicted molar refractivity (Wildman–Crippen MR) is 75.1 cm³/mol. The van der Waals surface area contributed by atoms with Crippen LogP contribution in [0.15, 0.2) is 10.7 Å². The van der Waals surface area contributed by atoms with E-state index >= 15 is 0 Å². The maximum absolute atomic E-state index is 4.57. The zero-order valence-corrected chi connectivity index (χ0v) is 12.7. The average Bonchev–Trinajstić information content (AvgIpc) is 2.57. The summed E-state index contributed by atoms with van der Waals surface area (Å²) in [6.07, 6.45) is 1.91. The minimum Gasteiger partial charge on any atom is -0.226 e. The van der Waals surface area contributed by atoms with Crippen molar-refractivity contribution < 1.29 is 0 Å². The van der Waals surface area contributed by atoms with E-state index in [1.54, 1.807) is 0 Å². The molecule has 18 heavy (non-hydrogen) atoms. The normalized spacial score (nSPS) is 10.9. The molecular formula is C13H17BrN4. The summed E-state index contributed by atoms with van der Waals surface area (Å²) in [6.45, 7) is 8.28. The fourth-order valence-corrected chi connectivity index (χ4v) is 2.25. The highest BCUT2D eigenvalue weighted by Gasteiger charge is 2.11. The van der Waals surface area contributed by atoms with E-state index in [2.05, 4.69) is 51.8 Å². The molecule has 0 saturated carbocycles. The Morgan fingerprint density at radius 1 is 1.22 bits per heavy atom. The smallest absolute Gasteiger partial charge is 0.158 e. The van der Waals surface area contributed by atoms with E-state index < -0.39 is 0 Å². The summed E-state index contributed by atoms with van der Waals surface area (Å²) >= 11 is 3.44. The first-order valence-corrected chi connectivity index (χ1v) is 6.89. The molecule has 0 spiro atoms. The third-order valence-corrected chi connectivity index (χ3v) is 3.48. The first kappa shape index (κ1) is 13.2. The Morgan fingerprint density at radius 3 is 2.50 bits per heavy atom. The number of aromatic nitrogens is 4. The maximum atomic E-state index is 4.57. The van der Waals surface area contributed by atoms with Crippen LogP contribution in [-0.2, 0) is 6.42 Å². The molecule has 0 aliphatic rings.